The summed E-state index contributed by atoms with van der Waals surface area (Å²) in [5, 5.41) is 1.78. The summed E-state index contributed by atoms with van der Waals surface area (Å²) >= 11 is 4.53. The highest BCUT2D eigenvalue weighted by Gasteiger charge is 2.35. The lowest BCUT2D eigenvalue weighted by Gasteiger charge is -2.34. The first-order valence-electron chi connectivity index (χ1n) is 5.43. The number of hydrogen-bond acceptors (Lipinski definition) is 4. The van der Waals surface area contributed by atoms with E-state index < -0.39 is 10.0 Å². The molecule has 0 saturated carbocycles. The zero-order valence-electron chi connectivity index (χ0n) is 9.47. The van der Waals surface area contributed by atoms with Crippen molar-refractivity contribution in [2.24, 2.45) is 5.73 Å². The van der Waals surface area contributed by atoms with Gasteiger partial charge in [0.1, 0.15) is 4.21 Å². The van der Waals surface area contributed by atoms with Gasteiger partial charge in [-0.3, -0.25) is 0 Å². The smallest absolute Gasteiger partial charge is 0.253 e. The van der Waals surface area contributed by atoms with Gasteiger partial charge < -0.3 is 5.73 Å². The summed E-state index contributed by atoms with van der Waals surface area (Å²) in [6.45, 7) is 2.42. The van der Waals surface area contributed by atoms with Gasteiger partial charge in [-0.25, -0.2) is 8.42 Å². The van der Waals surface area contributed by atoms with Crippen molar-refractivity contribution >= 4 is 37.3 Å². The zero-order valence-corrected chi connectivity index (χ0v) is 12.7. The SMILES string of the molecule is CC1CC(N)CCN1S(=O)(=O)c1sccc1Br. The minimum atomic E-state index is -3.37. The minimum Gasteiger partial charge on any atom is -0.328 e. The molecule has 0 amide bonds. The maximum atomic E-state index is 12.5. The normalized spacial score (nSPS) is 27.2. The average molecular weight is 339 g/mol. The highest BCUT2D eigenvalue weighted by atomic mass is 79.9. The Kier molecular flexibility index (Phi) is 3.94. The van der Waals surface area contributed by atoms with Crippen LogP contribution in [0.15, 0.2) is 20.1 Å². The predicted molar refractivity (Wildman–Crippen MR) is 72.6 cm³/mol. The third-order valence-electron chi connectivity index (χ3n) is 2.98. The number of piperidine rings is 1. The average Bonchev–Trinajstić information content (AvgIpc) is 2.64. The number of halogens is 1. The predicted octanol–water partition coefficient (Wildman–Crippen LogP) is 2.01. The summed E-state index contributed by atoms with van der Waals surface area (Å²) in [4.78, 5) is 0. The van der Waals surface area contributed by atoms with Crippen LogP contribution in [0.4, 0.5) is 0 Å². The summed E-state index contributed by atoms with van der Waals surface area (Å²) < 4.78 is 27.5. The largest absolute Gasteiger partial charge is 0.328 e. The topological polar surface area (TPSA) is 63.4 Å². The van der Waals surface area contributed by atoms with Crippen molar-refractivity contribution in [3.8, 4) is 0 Å². The minimum absolute atomic E-state index is 0.0299. The summed E-state index contributed by atoms with van der Waals surface area (Å²) in [7, 11) is -3.37. The van der Waals surface area contributed by atoms with Crippen molar-refractivity contribution in [3.05, 3.63) is 15.9 Å². The molecule has 7 heteroatoms. The highest BCUT2D eigenvalue weighted by Crippen LogP contribution is 2.33. The summed E-state index contributed by atoms with van der Waals surface area (Å²) in [5.74, 6) is 0. The Labute approximate surface area is 114 Å². The first-order chi connectivity index (χ1) is 7.93. The van der Waals surface area contributed by atoms with E-state index in [1.165, 1.54) is 11.3 Å². The van der Waals surface area contributed by atoms with Gasteiger partial charge in [-0.1, -0.05) is 0 Å². The quantitative estimate of drug-likeness (QED) is 0.897. The molecule has 0 aromatic carbocycles. The van der Waals surface area contributed by atoms with E-state index in [1.54, 1.807) is 15.8 Å². The fraction of sp³-hybridized carbons (Fsp3) is 0.600. The van der Waals surface area contributed by atoms with E-state index in [1.807, 2.05) is 6.92 Å². The molecule has 2 rings (SSSR count). The van der Waals surface area contributed by atoms with Crippen LogP contribution >= 0.6 is 27.3 Å². The Morgan fingerprint density at radius 2 is 2.29 bits per heavy atom. The fourth-order valence-electron chi connectivity index (χ4n) is 2.11. The van der Waals surface area contributed by atoms with E-state index >= 15 is 0 Å². The van der Waals surface area contributed by atoms with E-state index in [4.69, 9.17) is 5.73 Å². The van der Waals surface area contributed by atoms with E-state index in [9.17, 15) is 8.42 Å². The lowest BCUT2D eigenvalue weighted by atomic mass is 10.0. The standard InChI is InChI=1S/C10H15BrN2O2S2/c1-7-6-8(12)2-4-13(7)17(14,15)10-9(11)3-5-16-10/h3,5,7-8H,2,4,6,12H2,1H3. The van der Waals surface area contributed by atoms with Crippen LogP contribution in [0.25, 0.3) is 0 Å². The third-order valence-corrected chi connectivity index (χ3v) is 7.64. The number of rotatable bonds is 2. The van der Waals surface area contributed by atoms with Gasteiger partial charge in [0.15, 0.2) is 0 Å². The van der Waals surface area contributed by atoms with E-state index in [-0.39, 0.29) is 12.1 Å². The van der Waals surface area contributed by atoms with Gasteiger partial charge in [0.2, 0.25) is 0 Å². The van der Waals surface area contributed by atoms with Crippen LogP contribution in [0.2, 0.25) is 0 Å². The van der Waals surface area contributed by atoms with Crippen molar-refractivity contribution in [3.63, 3.8) is 0 Å². The molecule has 0 spiro atoms. The maximum absolute atomic E-state index is 12.5. The van der Waals surface area contributed by atoms with Gasteiger partial charge in [0.05, 0.1) is 0 Å². The second-order valence-corrected chi connectivity index (χ2v) is 8.16. The van der Waals surface area contributed by atoms with Gasteiger partial charge in [0, 0.05) is 23.1 Å². The van der Waals surface area contributed by atoms with Crippen molar-refractivity contribution in [2.75, 3.05) is 6.54 Å². The summed E-state index contributed by atoms with van der Waals surface area (Å²) in [6, 6.07) is 1.85. The van der Waals surface area contributed by atoms with E-state index in [2.05, 4.69) is 15.9 Å². The Hall–Kier alpha value is 0.0500. The number of thiophene rings is 1. The van der Waals surface area contributed by atoms with Gasteiger partial charge in [-0.05, 0) is 47.1 Å². The Balaban J connectivity index is 2.31. The molecule has 96 valence electrons. The van der Waals surface area contributed by atoms with Crippen molar-refractivity contribution in [1.82, 2.24) is 4.31 Å². The highest BCUT2D eigenvalue weighted by molar-refractivity contribution is 9.10. The Bertz CT molecular complexity index is 500. The molecule has 1 aliphatic heterocycles. The number of nitrogens with two attached hydrogens (primary N) is 1. The van der Waals surface area contributed by atoms with Crippen LogP contribution in [-0.2, 0) is 10.0 Å². The van der Waals surface area contributed by atoms with Crippen molar-refractivity contribution in [1.29, 1.82) is 0 Å². The van der Waals surface area contributed by atoms with E-state index in [0.717, 1.165) is 12.8 Å². The molecule has 2 atom stereocenters. The molecule has 1 saturated heterocycles. The second kappa shape index (κ2) is 4.97. The Morgan fingerprint density at radius 3 is 2.82 bits per heavy atom. The molecule has 2 N–H and O–H groups in total. The number of sulfonamides is 1. The molecule has 0 aliphatic carbocycles. The van der Waals surface area contributed by atoms with Crippen LogP contribution in [0.3, 0.4) is 0 Å². The fourth-order valence-corrected chi connectivity index (χ4v) is 6.20. The van der Waals surface area contributed by atoms with Gasteiger partial charge in [0.25, 0.3) is 10.0 Å². The van der Waals surface area contributed by atoms with Crippen LogP contribution in [0.5, 0.6) is 0 Å². The third kappa shape index (κ3) is 2.58. The molecule has 0 bridgehead atoms. The molecular weight excluding hydrogens is 324 g/mol. The number of hydrogen-bond donors (Lipinski definition) is 1. The monoisotopic (exact) mass is 338 g/mol. The first-order valence-corrected chi connectivity index (χ1v) is 8.54. The molecule has 2 unspecified atom stereocenters. The summed E-state index contributed by atoms with van der Waals surface area (Å²) in [5.41, 5.74) is 5.85. The van der Waals surface area contributed by atoms with Crippen LogP contribution in [-0.4, -0.2) is 31.4 Å². The molecular formula is C10H15BrN2O2S2. The second-order valence-electron chi connectivity index (χ2n) is 4.31. The first kappa shape index (κ1) is 13.5. The maximum Gasteiger partial charge on any atom is 0.253 e. The van der Waals surface area contributed by atoms with Crippen LogP contribution < -0.4 is 5.73 Å². The van der Waals surface area contributed by atoms with Crippen molar-refractivity contribution < 1.29 is 8.42 Å². The lowest BCUT2D eigenvalue weighted by molar-refractivity contribution is 0.247. The molecule has 1 aromatic rings. The Morgan fingerprint density at radius 1 is 1.59 bits per heavy atom. The molecule has 4 nitrogen and oxygen atoms in total. The molecule has 1 fully saturated rings. The molecule has 17 heavy (non-hydrogen) atoms. The number of nitrogens with zero attached hydrogens (tertiary/aromatic N) is 1. The molecule has 1 aromatic heterocycles. The van der Waals surface area contributed by atoms with Crippen LogP contribution in [0.1, 0.15) is 19.8 Å². The lowest BCUT2D eigenvalue weighted by Crippen LogP contribution is -2.48. The van der Waals surface area contributed by atoms with Crippen LogP contribution in [0, 0.1) is 0 Å². The molecule has 1 aliphatic rings. The van der Waals surface area contributed by atoms with Gasteiger partial charge in [-0.2, -0.15) is 4.31 Å². The van der Waals surface area contributed by atoms with Gasteiger partial charge in [-0.15, -0.1) is 11.3 Å². The molecule has 2 heterocycles. The van der Waals surface area contributed by atoms with E-state index in [0.29, 0.717) is 15.2 Å². The zero-order chi connectivity index (χ0) is 12.6. The van der Waals surface area contributed by atoms with Gasteiger partial charge >= 0.3 is 0 Å². The summed E-state index contributed by atoms with van der Waals surface area (Å²) in [6.07, 6.45) is 1.45. The molecule has 0 radical (unpaired) electrons. The van der Waals surface area contributed by atoms with Crippen molar-refractivity contribution in [2.45, 2.75) is 36.1 Å².